The minimum atomic E-state index is 0.118. The molecule has 7 nitrogen and oxygen atoms in total. The summed E-state index contributed by atoms with van der Waals surface area (Å²) in [7, 11) is 0. The highest BCUT2D eigenvalue weighted by molar-refractivity contribution is 5.81. The first kappa shape index (κ1) is 18.6. The molecule has 1 aliphatic rings. The Kier molecular flexibility index (Phi) is 5.09. The van der Waals surface area contributed by atoms with Gasteiger partial charge < -0.3 is 21.5 Å². The summed E-state index contributed by atoms with van der Waals surface area (Å²) in [4.78, 5) is 4.52. The summed E-state index contributed by atoms with van der Waals surface area (Å²) in [5, 5.41) is 8.08. The van der Waals surface area contributed by atoms with E-state index < -0.39 is 0 Å². The lowest BCUT2D eigenvalue weighted by Crippen LogP contribution is -2.26. The molecule has 0 unspecified atom stereocenters. The van der Waals surface area contributed by atoms with Crippen LogP contribution in [0.5, 0.6) is 5.75 Å². The Balaban J connectivity index is 1.75. The number of imidazole rings is 1. The number of rotatable bonds is 5. The maximum absolute atomic E-state index is 6.41. The quantitative estimate of drug-likeness (QED) is 0.621. The third kappa shape index (κ3) is 3.75. The molecule has 2 heterocycles. The Morgan fingerprint density at radius 2 is 2.00 bits per heavy atom. The standard InChI is InChI=1S/C21H28N6O/c1-13(2)28-17-5-3-4-16(12-17)25-19-18(14-6-8-15(22)9-7-14)20(23)26-27-11-10-24-21(19)27/h3-5,10-15,25H,6-9,22H2,1-2H3,(H2,23,26)/t14-,15-. The number of anilines is 3. The number of nitrogens with zero attached hydrogens (tertiary/aromatic N) is 3. The molecule has 0 saturated heterocycles. The molecule has 3 aromatic rings. The second-order valence-corrected chi connectivity index (χ2v) is 7.80. The Hall–Kier alpha value is -2.80. The summed E-state index contributed by atoms with van der Waals surface area (Å²) >= 11 is 0. The molecule has 5 N–H and O–H groups in total. The molecule has 1 fully saturated rings. The fourth-order valence-corrected chi connectivity index (χ4v) is 3.98. The van der Waals surface area contributed by atoms with Gasteiger partial charge in [-0.3, -0.25) is 0 Å². The zero-order valence-electron chi connectivity index (χ0n) is 16.4. The van der Waals surface area contributed by atoms with Gasteiger partial charge in [0.25, 0.3) is 0 Å². The molecule has 1 saturated carbocycles. The Morgan fingerprint density at radius 1 is 1.21 bits per heavy atom. The lowest BCUT2D eigenvalue weighted by atomic mass is 9.81. The van der Waals surface area contributed by atoms with Crippen LogP contribution in [-0.2, 0) is 0 Å². The predicted molar refractivity (Wildman–Crippen MR) is 112 cm³/mol. The molecule has 4 rings (SSSR count). The van der Waals surface area contributed by atoms with Gasteiger partial charge in [0.15, 0.2) is 5.65 Å². The third-order valence-electron chi connectivity index (χ3n) is 5.26. The summed E-state index contributed by atoms with van der Waals surface area (Å²) in [5.74, 6) is 1.70. The fourth-order valence-electron chi connectivity index (χ4n) is 3.98. The molecule has 28 heavy (non-hydrogen) atoms. The Morgan fingerprint density at radius 3 is 2.75 bits per heavy atom. The number of fused-ring (bicyclic) bond motifs is 1. The first-order chi connectivity index (χ1) is 13.5. The van der Waals surface area contributed by atoms with Gasteiger partial charge in [-0.1, -0.05) is 6.07 Å². The minimum Gasteiger partial charge on any atom is -0.491 e. The lowest BCUT2D eigenvalue weighted by Gasteiger charge is -2.28. The molecule has 0 spiro atoms. The normalized spacial score (nSPS) is 19.9. The number of aromatic nitrogens is 3. The summed E-state index contributed by atoms with van der Waals surface area (Å²) in [6.45, 7) is 4.03. The summed E-state index contributed by atoms with van der Waals surface area (Å²) in [6.07, 6.45) is 7.70. The maximum atomic E-state index is 6.41. The summed E-state index contributed by atoms with van der Waals surface area (Å²) < 4.78 is 7.56. The van der Waals surface area contributed by atoms with E-state index in [0.29, 0.717) is 11.7 Å². The van der Waals surface area contributed by atoms with Crippen LogP contribution in [-0.4, -0.2) is 26.7 Å². The van der Waals surface area contributed by atoms with Crippen LogP contribution in [0.2, 0.25) is 0 Å². The van der Waals surface area contributed by atoms with Gasteiger partial charge in [0.05, 0.1) is 11.8 Å². The summed E-state index contributed by atoms with van der Waals surface area (Å²) in [6, 6.07) is 8.23. The lowest BCUT2D eigenvalue weighted by molar-refractivity contribution is 0.242. The number of nitrogens with two attached hydrogens (primary N) is 2. The number of nitrogens with one attached hydrogen (secondary N) is 1. The monoisotopic (exact) mass is 380 g/mol. The van der Waals surface area contributed by atoms with Crippen molar-refractivity contribution in [3.63, 3.8) is 0 Å². The largest absolute Gasteiger partial charge is 0.491 e. The maximum Gasteiger partial charge on any atom is 0.177 e. The molecule has 2 aromatic heterocycles. The topological polar surface area (TPSA) is 103 Å². The van der Waals surface area contributed by atoms with Crippen molar-refractivity contribution >= 4 is 22.8 Å². The second-order valence-electron chi connectivity index (χ2n) is 7.80. The highest BCUT2D eigenvalue weighted by Crippen LogP contribution is 2.41. The van der Waals surface area contributed by atoms with Crippen LogP contribution >= 0.6 is 0 Å². The molecular weight excluding hydrogens is 352 g/mol. The van der Waals surface area contributed by atoms with Crippen LogP contribution in [0.4, 0.5) is 17.2 Å². The van der Waals surface area contributed by atoms with Crippen molar-refractivity contribution in [1.29, 1.82) is 0 Å². The Labute approximate surface area is 165 Å². The van der Waals surface area contributed by atoms with Crippen LogP contribution in [0.3, 0.4) is 0 Å². The second kappa shape index (κ2) is 7.67. The first-order valence-electron chi connectivity index (χ1n) is 9.93. The molecule has 1 aromatic carbocycles. The van der Waals surface area contributed by atoms with Crippen LogP contribution in [0, 0.1) is 0 Å². The molecule has 0 atom stereocenters. The average Bonchev–Trinajstić information content (AvgIpc) is 3.11. The van der Waals surface area contributed by atoms with Crippen molar-refractivity contribution in [1.82, 2.24) is 14.6 Å². The van der Waals surface area contributed by atoms with Crippen molar-refractivity contribution in [2.24, 2.45) is 5.73 Å². The van der Waals surface area contributed by atoms with E-state index in [1.54, 1.807) is 10.7 Å². The van der Waals surface area contributed by atoms with E-state index in [2.05, 4.69) is 15.4 Å². The fraction of sp³-hybridized carbons (Fsp3) is 0.429. The van der Waals surface area contributed by atoms with Crippen molar-refractivity contribution in [2.45, 2.75) is 57.6 Å². The summed E-state index contributed by atoms with van der Waals surface area (Å²) in [5.41, 5.74) is 16.2. The van der Waals surface area contributed by atoms with Crippen molar-refractivity contribution < 1.29 is 4.74 Å². The predicted octanol–water partition coefficient (Wildman–Crippen LogP) is 3.83. The molecular formula is C21H28N6O. The molecule has 7 heteroatoms. The van der Waals surface area contributed by atoms with Gasteiger partial charge in [-0.25, -0.2) is 9.50 Å². The van der Waals surface area contributed by atoms with Crippen molar-refractivity contribution in [2.75, 3.05) is 11.1 Å². The van der Waals surface area contributed by atoms with Gasteiger partial charge in [-0.05, 0) is 57.6 Å². The molecule has 148 valence electrons. The van der Waals surface area contributed by atoms with Gasteiger partial charge in [0, 0.05) is 35.8 Å². The number of ether oxygens (including phenoxy) is 1. The van der Waals surface area contributed by atoms with Crippen molar-refractivity contribution in [3.8, 4) is 5.75 Å². The zero-order valence-corrected chi connectivity index (χ0v) is 16.4. The highest BCUT2D eigenvalue weighted by atomic mass is 16.5. The van der Waals surface area contributed by atoms with Crippen LogP contribution in [0.25, 0.3) is 5.65 Å². The molecule has 0 bridgehead atoms. The van der Waals surface area contributed by atoms with Crippen LogP contribution in [0.1, 0.15) is 51.0 Å². The number of hydrogen-bond donors (Lipinski definition) is 3. The van der Waals surface area contributed by atoms with E-state index in [9.17, 15) is 0 Å². The van der Waals surface area contributed by atoms with Gasteiger partial charge in [0.2, 0.25) is 0 Å². The van der Waals surface area contributed by atoms with Crippen LogP contribution in [0.15, 0.2) is 36.7 Å². The zero-order chi connectivity index (χ0) is 19.7. The average molecular weight is 380 g/mol. The third-order valence-corrected chi connectivity index (χ3v) is 5.26. The number of hydrogen-bond acceptors (Lipinski definition) is 6. The highest BCUT2D eigenvalue weighted by Gasteiger charge is 2.27. The van der Waals surface area contributed by atoms with E-state index in [-0.39, 0.29) is 12.1 Å². The van der Waals surface area contributed by atoms with E-state index in [4.69, 9.17) is 16.2 Å². The van der Waals surface area contributed by atoms with Gasteiger partial charge >= 0.3 is 0 Å². The van der Waals surface area contributed by atoms with Gasteiger partial charge in [0.1, 0.15) is 11.6 Å². The van der Waals surface area contributed by atoms with Crippen molar-refractivity contribution in [3.05, 3.63) is 42.2 Å². The van der Waals surface area contributed by atoms with Gasteiger partial charge in [-0.15, -0.1) is 5.10 Å². The van der Waals surface area contributed by atoms with Crippen LogP contribution < -0.4 is 21.5 Å². The molecule has 1 aliphatic carbocycles. The molecule has 0 aliphatic heterocycles. The molecule has 0 radical (unpaired) electrons. The van der Waals surface area contributed by atoms with E-state index in [1.807, 2.05) is 44.3 Å². The smallest absolute Gasteiger partial charge is 0.177 e. The number of benzene rings is 1. The molecule has 0 amide bonds. The number of nitrogen functional groups attached to an aromatic ring is 1. The first-order valence-corrected chi connectivity index (χ1v) is 9.93. The van der Waals surface area contributed by atoms with Gasteiger partial charge in [-0.2, -0.15) is 0 Å². The SMILES string of the molecule is CC(C)Oc1cccc(Nc2c3nccn3nc(N)c2[C@H]2CC[C@H](N)CC2)c1. The minimum absolute atomic E-state index is 0.118. The van der Waals surface area contributed by atoms with E-state index >= 15 is 0 Å². The van der Waals surface area contributed by atoms with E-state index in [1.165, 1.54) is 0 Å². The Bertz CT molecular complexity index is 959. The van der Waals surface area contributed by atoms with E-state index in [0.717, 1.165) is 54.0 Å².